The van der Waals surface area contributed by atoms with Crippen LogP contribution in [0.4, 0.5) is 5.69 Å². The number of esters is 1. The van der Waals surface area contributed by atoms with Crippen LogP contribution in [0.15, 0.2) is 18.3 Å². The first-order chi connectivity index (χ1) is 8.04. The zero-order chi connectivity index (χ0) is 12.8. The Labute approximate surface area is 98.1 Å². The summed E-state index contributed by atoms with van der Waals surface area (Å²) in [5.41, 5.74) is 0.684. The van der Waals surface area contributed by atoms with Crippen LogP contribution in [0.2, 0.25) is 0 Å². The van der Waals surface area contributed by atoms with Crippen molar-refractivity contribution in [3.8, 4) is 0 Å². The standard InChI is InChI=1S/C11H12N2O4/c1-3-17-11(14)5-4-9-10(13(15)16)6-8(2)7-12-9/h4-7H,3H2,1-2H3/b5-4+. The topological polar surface area (TPSA) is 82.3 Å². The van der Waals surface area contributed by atoms with E-state index in [0.717, 1.165) is 6.08 Å². The molecule has 1 aromatic heterocycles. The van der Waals surface area contributed by atoms with E-state index in [1.165, 1.54) is 18.3 Å². The van der Waals surface area contributed by atoms with Crippen LogP contribution in [0.5, 0.6) is 0 Å². The van der Waals surface area contributed by atoms with E-state index in [2.05, 4.69) is 9.72 Å². The second-order valence-corrected chi connectivity index (χ2v) is 3.26. The van der Waals surface area contributed by atoms with Crippen molar-refractivity contribution in [2.75, 3.05) is 6.61 Å². The van der Waals surface area contributed by atoms with Crippen LogP contribution >= 0.6 is 0 Å². The Morgan fingerprint density at radius 1 is 1.65 bits per heavy atom. The van der Waals surface area contributed by atoms with E-state index in [1.807, 2.05) is 0 Å². The number of hydrogen-bond donors (Lipinski definition) is 0. The maximum Gasteiger partial charge on any atom is 0.330 e. The third-order valence-corrected chi connectivity index (χ3v) is 1.89. The molecule has 0 bridgehead atoms. The van der Waals surface area contributed by atoms with Crippen molar-refractivity contribution >= 4 is 17.7 Å². The molecule has 0 aliphatic carbocycles. The van der Waals surface area contributed by atoms with Gasteiger partial charge in [-0.2, -0.15) is 0 Å². The molecule has 1 rings (SSSR count). The molecule has 0 spiro atoms. The van der Waals surface area contributed by atoms with E-state index in [-0.39, 0.29) is 18.0 Å². The molecule has 0 atom stereocenters. The number of aromatic nitrogens is 1. The highest BCUT2D eigenvalue weighted by molar-refractivity contribution is 5.87. The highest BCUT2D eigenvalue weighted by Gasteiger charge is 2.13. The van der Waals surface area contributed by atoms with Crippen molar-refractivity contribution in [2.45, 2.75) is 13.8 Å². The lowest BCUT2D eigenvalue weighted by Crippen LogP contribution is -2.00. The minimum atomic E-state index is -0.552. The van der Waals surface area contributed by atoms with Gasteiger partial charge < -0.3 is 4.74 Å². The molecular weight excluding hydrogens is 224 g/mol. The number of hydrogen-bond acceptors (Lipinski definition) is 5. The minimum Gasteiger partial charge on any atom is -0.463 e. The fraction of sp³-hybridized carbons (Fsp3) is 0.273. The van der Waals surface area contributed by atoms with E-state index in [4.69, 9.17) is 0 Å². The van der Waals surface area contributed by atoms with Gasteiger partial charge in [0, 0.05) is 18.3 Å². The fourth-order valence-electron chi connectivity index (χ4n) is 1.18. The van der Waals surface area contributed by atoms with Gasteiger partial charge in [-0.05, 0) is 25.5 Å². The third kappa shape index (κ3) is 3.67. The van der Waals surface area contributed by atoms with Gasteiger partial charge in [0.2, 0.25) is 0 Å². The molecule has 0 aromatic carbocycles. The Morgan fingerprint density at radius 2 is 2.35 bits per heavy atom. The lowest BCUT2D eigenvalue weighted by molar-refractivity contribution is -0.385. The van der Waals surface area contributed by atoms with Crippen LogP contribution in [0.25, 0.3) is 6.08 Å². The summed E-state index contributed by atoms with van der Waals surface area (Å²) in [6.07, 6.45) is 3.89. The van der Waals surface area contributed by atoms with Crippen LogP contribution in [0, 0.1) is 17.0 Å². The van der Waals surface area contributed by atoms with Gasteiger partial charge in [-0.3, -0.25) is 10.1 Å². The average Bonchev–Trinajstić information content (AvgIpc) is 2.27. The summed E-state index contributed by atoms with van der Waals surface area (Å²) in [6.45, 7) is 3.64. The summed E-state index contributed by atoms with van der Waals surface area (Å²) in [7, 11) is 0. The lowest BCUT2D eigenvalue weighted by atomic mass is 10.2. The molecule has 6 nitrogen and oxygen atoms in total. The van der Waals surface area contributed by atoms with Gasteiger partial charge >= 0.3 is 5.97 Å². The molecule has 6 heteroatoms. The Bertz CT molecular complexity index is 469. The van der Waals surface area contributed by atoms with Crippen molar-refractivity contribution in [3.63, 3.8) is 0 Å². The molecule has 17 heavy (non-hydrogen) atoms. The van der Waals surface area contributed by atoms with Gasteiger partial charge in [-0.1, -0.05) is 0 Å². The molecule has 0 saturated heterocycles. The SMILES string of the molecule is CCOC(=O)/C=C/c1ncc(C)cc1[N+](=O)[O-]. The highest BCUT2D eigenvalue weighted by atomic mass is 16.6. The van der Waals surface area contributed by atoms with Crippen molar-refractivity contribution in [2.24, 2.45) is 0 Å². The van der Waals surface area contributed by atoms with Gasteiger partial charge in [0.1, 0.15) is 5.69 Å². The third-order valence-electron chi connectivity index (χ3n) is 1.89. The molecule has 0 aliphatic rings. The average molecular weight is 236 g/mol. The molecule has 1 aromatic rings. The molecule has 90 valence electrons. The number of nitrogens with zero attached hydrogens (tertiary/aromatic N) is 2. The van der Waals surface area contributed by atoms with E-state index in [9.17, 15) is 14.9 Å². The first-order valence-corrected chi connectivity index (χ1v) is 5.00. The van der Waals surface area contributed by atoms with E-state index >= 15 is 0 Å². The summed E-state index contributed by atoms with van der Waals surface area (Å²) >= 11 is 0. The smallest absolute Gasteiger partial charge is 0.330 e. The number of aryl methyl sites for hydroxylation is 1. The highest BCUT2D eigenvalue weighted by Crippen LogP contribution is 2.18. The van der Waals surface area contributed by atoms with Crippen molar-refractivity contribution < 1.29 is 14.5 Å². The summed E-state index contributed by atoms with van der Waals surface area (Å²) in [4.78, 5) is 25.2. The maximum absolute atomic E-state index is 11.1. The van der Waals surface area contributed by atoms with Gasteiger partial charge in [0.15, 0.2) is 0 Å². The molecule has 0 radical (unpaired) electrons. The van der Waals surface area contributed by atoms with Gasteiger partial charge in [-0.25, -0.2) is 9.78 Å². The molecule has 0 fully saturated rings. The molecule has 1 heterocycles. The monoisotopic (exact) mass is 236 g/mol. The Hall–Kier alpha value is -2.24. The summed E-state index contributed by atoms with van der Waals surface area (Å²) in [6, 6.07) is 1.40. The zero-order valence-corrected chi connectivity index (χ0v) is 9.54. The Morgan fingerprint density at radius 3 is 2.94 bits per heavy atom. The summed E-state index contributed by atoms with van der Waals surface area (Å²) < 4.78 is 4.66. The number of rotatable bonds is 4. The molecule has 0 amide bonds. The molecular formula is C11H12N2O4. The summed E-state index contributed by atoms with van der Waals surface area (Å²) in [5.74, 6) is -0.552. The van der Waals surface area contributed by atoms with Crippen LogP contribution in [0.3, 0.4) is 0 Å². The second-order valence-electron chi connectivity index (χ2n) is 3.26. The van der Waals surface area contributed by atoms with Crippen LogP contribution in [-0.4, -0.2) is 22.5 Å². The van der Waals surface area contributed by atoms with Crippen molar-refractivity contribution in [1.29, 1.82) is 0 Å². The Kier molecular flexibility index (Phi) is 4.33. The second kappa shape index (κ2) is 5.74. The number of nitro groups is 1. The van der Waals surface area contributed by atoms with Crippen molar-refractivity contribution in [1.82, 2.24) is 4.98 Å². The quantitative estimate of drug-likeness (QED) is 0.345. The normalized spacial score (nSPS) is 10.5. The van der Waals surface area contributed by atoms with Gasteiger partial charge in [-0.15, -0.1) is 0 Å². The van der Waals surface area contributed by atoms with Gasteiger partial charge in [0.25, 0.3) is 5.69 Å². The summed E-state index contributed by atoms with van der Waals surface area (Å²) in [5, 5.41) is 10.8. The number of carbonyl (C=O) groups excluding carboxylic acids is 1. The van der Waals surface area contributed by atoms with Crippen LogP contribution < -0.4 is 0 Å². The van der Waals surface area contributed by atoms with E-state index in [0.29, 0.717) is 5.56 Å². The zero-order valence-electron chi connectivity index (χ0n) is 9.54. The predicted octanol–water partition coefficient (Wildman–Crippen LogP) is 1.87. The van der Waals surface area contributed by atoms with E-state index in [1.54, 1.807) is 13.8 Å². The fourth-order valence-corrected chi connectivity index (χ4v) is 1.18. The molecule has 0 N–H and O–H groups in total. The largest absolute Gasteiger partial charge is 0.463 e. The van der Waals surface area contributed by atoms with Crippen molar-refractivity contribution in [3.05, 3.63) is 39.7 Å². The molecule has 0 saturated carbocycles. The van der Waals surface area contributed by atoms with Gasteiger partial charge in [0.05, 0.1) is 11.5 Å². The predicted molar refractivity (Wildman–Crippen MR) is 61.3 cm³/mol. The lowest BCUT2D eigenvalue weighted by Gasteiger charge is -1.98. The minimum absolute atomic E-state index is 0.133. The Balaban J connectivity index is 2.98. The molecule has 0 aliphatic heterocycles. The first-order valence-electron chi connectivity index (χ1n) is 5.00. The number of ether oxygens (including phenoxy) is 1. The van der Waals surface area contributed by atoms with Crippen LogP contribution in [-0.2, 0) is 9.53 Å². The van der Waals surface area contributed by atoms with E-state index < -0.39 is 10.9 Å². The first kappa shape index (κ1) is 12.8. The maximum atomic E-state index is 11.1. The van der Waals surface area contributed by atoms with Crippen LogP contribution in [0.1, 0.15) is 18.2 Å². The molecule has 0 unspecified atom stereocenters. The number of pyridine rings is 1. The number of carbonyl (C=O) groups is 1.